The number of halogens is 2. The summed E-state index contributed by atoms with van der Waals surface area (Å²) in [5.41, 5.74) is 9.71. The van der Waals surface area contributed by atoms with Gasteiger partial charge in [-0.25, -0.2) is 8.78 Å². The van der Waals surface area contributed by atoms with Gasteiger partial charge in [0.15, 0.2) is 0 Å². The molecule has 0 saturated carbocycles. The van der Waals surface area contributed by atoms with Crippen molar-refractivity contribution in [1.29, 1.82) is 0 Å². The van der Waals surface area contributed by atoms with Crippen LogP contribution in [-0.4, -0.2) is 83.8 Å². The molecule has 1 N–H and O–H groups in total. The molecular weight excluding hydrogens is 765 g/mol. The van der Waals surface area contributed by atoms with Crippen molar-refractivity contribution < 1.29 is 18.4 Å². The Balaban J connectivity index is 0.000000173. The van der Waals surface area contributed by atoms with Gasteiger partial charge in [-0.1, -0.05) is 133 Å². The maximum atomic E-state index is 13.6. The number of hydrogen-bond acceptors (Lipinski definition) is 5. The first kappa shape index (κ1) is 41.7. The van der Waals surface area contributed by atoms with Crippen molar-refractivity contribution in [3.05, 3.63) is 214 Å². The standard InChI is InChI=1S/C28H29F2N3O.C24H24N2O/c29-25-9-5-22(6-10-25)28(23-7-11-26(30)12-8-23)33-17-15-32(16-18-33)27(34)20-31-14-13-21-3-1-2-4-24(21)19-31;27-24(18-26-16-21-13-7-8-14-22(21)17-26)25-15-23(19-9-3-1-4-10-19)20-11-5-2-6-12-20/h1-12,28H,13-20H2;1-14,23H,15-18H2,(H,25,27). The van der Waals surface area contributed by atoms with E-state index in [-0.39, 0.29) is 35.4 Å². The molecule has 3 aliphatic rings. The second-order valence-corrected chi connectivity index (χ2v) is 16.2. The van der Waals surface area contributed by atoms with E-state index in [1.807, 2.05) is 17.0 Å². The van der Waals surface area contributed by atoms with E-state index in [0.717, 1.165) is 43.7 Å². The van der Waals surface area contributed by atoms with Gasteiger partial charge < -0.3 is 10.2 Å². The number of nitrogens with one attached hydrogen (secondary N) is 1. The van der Waals surface area contributed by atoms with Crippen molar-refractivity contribution >= 4 is 11.8 Å². The maximum Gasteiger partial charge on any atom is 0.236 e. The molecule has 6 aromatic carbocycles. The summed E-state index contributed by atoms with van der Waals surface area (Å²) < 4.78 is 27.1. The van der Waals surface area contributed by atoms with Crippen LogP contribution in [0.3, 0.4) is 0 Å². The largest absolute Gasteiger partial charge is 0.354 e. The molecule has 3 aliphatic heterocycles. The first-order chi connectivity index (χ1) is 29.9. The Hall–Kier alpha value is -6.00. The van der Waals surface area contributed by atoms with Gasteiger partial charge in [-0.15, -0.1) is 0 Å². The van der Waals surface area contributed by atoms with Crippen LogP contribution in [0.25, 0.3) is 0 Å². The topological polar surface area (TPSA) is 59.1 Å². The molecule has 0 spiro atoms. The zero-order valence-electron chi connectivity index (χ0n) is 34.5. The monoisotopic (exact) mass is 817 g/mol. The number of hydrogen-bond donors (Lipinski definition) is 1. The van der Waals surface area contributed by atoms with E-state index in [1.54, 1.807) is 24.3 Å². The van der Waals surface area contributed by atoms with Gasteiger partial charge >= 0.3 is 0 Å². The van der Waals surface area contributed by atoms with Crippen LogP contribution in [0.1, 0.15) is 56.5 Å². The van der Waals surface area contributed by atoms with Gasteiger partial charge in [0.2, 0.25) is 11.8 Å². The fourth-order valence-electron chi connectivity index (χ4n) is 8.90. The van der Waals surface area contributed by atoms with Crippen LogP contribution in [0.15, 0.2) is 158 Å². The molecule has 0 aliphatic carbocycles. The van der Waals surface area contributed by atoms with Crippen molar-refractivity contribution in [2.45, 2.75) is 38.0 Å². The van der Waals surface area contributed by atoms with Crippen LogP contribution in [0.4, 0.5) is 8.78 Å². The normalized spacial score (nSPS) is 15.5. The number of rotatable bonds is 11. The Morgan fingerprint density at radius 3 is 1.48 bits per heavy atom. The molecule has 9 rings (SSSR count). The predicted molar refractivity (Wildman–Crippen MR) is 237 cm³/mol. The molecule has 7 nitrogen and oxygen atoms in total. The molecule has 0 radical (unpaired) electrons. The zero-order chi connectivity index (χ0) is 42.0. The minimum atomic E-state index is -0.280. The summed E-state index contributed by atoms with van der Waals surface area (Å²) in [7, 11) is 0. The first-order valence-corrected chi connectivity index (χ1v) is 21.3. The fourth-order valence-corrected chi connectivity index (χ4v) is 8.90. The molecule has 1 saturated heterocycles. The molecule has 0 aromatic heterocycles. The Kier molecular flexibility index (Phi) is 13.7. The quantitative estimate of drug-likeness (QED) is 0.143. The van der Waals surface area contributed by atoms with Gasteiger partial charge in [0.25, 0.3) is 0 Å². The first-order valence-electron chi connectivity index (χ1n) is 21.3. The number of carbonyl (C=O) groups excluding carboxylic acids is 2. The molecule has 9 heteroatoms. The Morgan fingerprint density at radius 2 is 0.951 bits per heavy atom. The predicted octanol–water partition coefficient (Wildman–Crippen LogP) is 8.21. The van der Waals surface area contributed by atoms with Gasteiger partial charge in [0.1, 0.15) is 11.6 Å². The second kappa shape index (κ2) is 20.0. The number of carbonyl (C=O) groups is 2. The highest BCUT2D eigenvalue weighted by Crippen LogP contribution is 2.31. The van der Waals surface area contributed by atoms with Crippen molar-refractivity contribution in [3.63, 3.8) is 0 Å². The van der Waals surface area contributed by atoms with Crippen LogP contribution in [-0.2, 0) is 35.6 Å². The van der Waals surface area contributed by atoms with Crippen LogP contribution >= 0.6 is 0 Å². The van der Waals surface area contributed by atoms with Gasteiger partial charge in [-0.05, 0) is 75.2 Å². The molecule has 61 heavy (non-hydrogen) atoms. The lowest BCUT2D eigenvalue weighted by Gasteiger charge is -2.40. The smallest absolute Gasteiger partial charge is 0.236 e. The molecule has 6 aromatic rings. The molecule has 0 atom stereocenters. The SMILES string of the molecule is O=C(CN1CCc2ccccc2C1)N1CCN(C(c2ccc(F)cc2)c2ccc(F)cc2)CC1.O=C(CN1Cc2ccccc2C1)NCC(c1ccccc1)c1ccccc1. The van der Waals surface area contributed by atoms with Crippen LogP contribution in [0.2, 0.25) is 0 Å². The van der Waals surface area contributed by atoms with Crippen molar-refractivity contribution in [2.24, 2.45) is 0 Å². The summed E-state index contributed by atoms with van der Waals surface area (Å²) in [5.74, 6) is -0.152. The summed E-state index contributed by atoms with van der Waals surface area (Å²) in [6.07, 6.45) is 0.980. The number of piperazine rings is 1. The fraction of sp³-hybridized carbons (Fsp3) is 0.269. The van der Waals surface area contributed by atoms with Crippen LogP contribution < -0.4 is 5.32 Å². The van der Waals surface area contributed by atoms with E-state index in [9.17, 15) is 18.4 Å². The summed E-state index contributed by atoms with van der Waals surface area (Å²) in [5, 5.41) is 3.15. The highest BCUT2D eigenvalue weighted by Gasteiger charge is 2.30. The molecule has 3 heterocycles. The second-order valence-electron chi connectivity index (χ2n) is 16.2. The molecule has 1 fully saturated rings. The minimum absolute atomic E-state index is 0.0830. The van der Waals surface area contributed by atoms with E-state index in [0.29, 0.717) is 45.8 Å². The Labute approximate surface area is 358 Å². The van der Waals surface area contributed by atoms with Gasteiger partial charge in [0.05, 0.1) is 19.1 Å². The van der Waals surface area contributed by atoms with E-state index in [4.69, 9.17) is 0 Å². The van der Waals surface area contributed by atoms with E-state index < -0.39 is 0 Å². The lowest BCUT2D eigenvalue weighted by molar-refractivity contribution is -0.134. The van der Waals surface area contributed by atoms with E-state index in [2.05, 4.69) is 117 Å². The van der Waals surface area contributed by atoms with Crippen molar-refractivity contribution in [2.75, 3.05) is 52.4 Å². The van der Waals surface area contributed by atoms with E-state index >= 15 is 0 Å². The Morgan fingerprint density at radius 1 is 0.492 bits per heavy atom. The van der Waals surface area contributed by atoms with Crippen molar-refractivity contribution in [3.8, 4) is 0 Å². The summed E-state index contributed by atoms with van der Waals surface area (Å²) in [6, 6.07) is 50.5. The van der Waals surface area contributed by atoms with E-state index in [1.165, 1.54) is 57.6 Å². The molecule has 0 bridgehead atoms. The van der Waals surface area contributed by atoms with Crippen LogP contribution in [0, 0.1) is 11.6 Å². The zero-order valence-corrected chi connectivity index (χ0v) is 34.5. The Bertz CT molecular complexity index is 2240. The average molecular weight is 818 g/mol. The minimum Gasteiger partial charge on any atom is -0.354 e. The highest BCUT2D eigenvalue weighted by molar-refractivity contribution is 5.79. The van der Waals surface area contributed by atoms with Gasteiger partial charge in [-0.3, -0.25) is 24.3 Å². The van der Waals surface area contributed by atoms with Gasteiger partial charge in [-0.2, -0.15) is 0 Å². The van der Waals surface area contributed by atoms with Crippen LogP contribution in [0.5, 0.6) is 0 Å². The third-order valence-electron chi connectivity index (χ3n) is 12.2. The number of benzene rings is 6. The molecular formula is C52H53F2N5O2. The third kappa shape index (κ3) is 10.9. The summed E-state index contributed by atoms with van der Waals surface area (Å²) >= 11 is 0. The average Bonchev–Trinajstić information content (AvgIpc) is 3.71. The van der Waals surface area contributed by atoms with Crippen molar-refractivity contribution in [1.82, 2.24) is 24.9 Å². The number of nitrogens with zero attached hydrogens (tertiary/aromatic N) is 4. The summed E-state index contributed by atoms with van der Waals surface area (Å²) in [6.45, 7) is 7.59. The number of amides is 2. The molecule has 312 valence electrons. The van der Waals surface area contributed by atoms with Gasteiger partial charge in [0, 0.05) is 64.8 Å². The summed E-state index contributed by atoms with van der Waals surface area (Å²) in [4.78, 5) is 34.3. The molecule has 0 unspecified atom stereocenters. The number of fused-ring (bicyclic) bond motifs is 2. The third-order valence-corrected chi connectivity index (χ3v) is 12.2. The lowest BCUT2D eigenvalue weighted by Crippen LogP contribution is -2.52. The maximum absolute atomic E-state index is 13.6. The highest BCUT2D eigenvalue weighted by atomic mass is 19.1. The molecule has 2 amide bonds. The lowest BCUT2D eigenvalue weighted by atomic mass is 9.91.